The molecule has 7 heteroatoms. The maximum absolute atomic E-state index is 12.1. The van der Waals surface area contributed by atoms with Crippen molar-refractivity contribution >= 4 is 40.8 Å². The molecule has 2 aromatic rings. The summed E-state index contributed by atoms with van der Waals surface area (Å²) in [5.74, 6) is -0.183. The van der Waals surface area contributed by atoms with Crippen LogP contribution in [0.2, 0.25) is 10.0 Å². The molecule has 0 spiro atoms. The molecule has 0 unspecified atom stereocenters. The third kappa shape index (κ3) is 7.12. The molecule has 0 saturated carbocycles. The van der Waals surface area contributed by atoms with Gasteiger partial charge in [-0.25, -0.2) is 0 Å². The van der Waals surface area contributed by atoms with Crippen LogP contribution in [0.25, 0.3) is 0 Å². The lowest BCUT2D eigenvalue weighted by atomic mass is 10.2. The van der Waals surface area contributed by atoms with Gasteiger partial charge in [0.2, 0.25) is 0 Å². The highest BCUT2D eigenvalue weighted by Gasteiger charge is 2.17. The fourth-order valence-electron chi connectivity index (χ4n) is 2.23. The molecule has 144 valence electrons. The van der Waals surface area contributed by atoms with Crippen LogP contribution in [0.5, 0.6) is 5.75 Å². The van der Waals surface area contributed by atoms with Gasteiger partial charge in [0.05, 0.1) is 6.61 Å². The van der Waals surface area contributed by atoms with Crippen LogP contribution in [0.15, 0.2) is 42.5 Å². The minimum Gasteiger partial charge on any atom is -0.494 e. The molecule has 2 rings (SSSR count). The Labute approximate surface area is 168 Å². The van der Waals surface area contributed by atoms with Crippen LogP contribution in [-0.4, -0.2) is 24.6 Å². The summed E-state index contributed by atoms with van der Waals surface area (Å²) in [7, 11) is 0. The van der Waals surface area contributed by atoms with Crippen molar-refractivity contribution in [1.29, 1.82) is 0 Å². The molecule has 0 fully saturated rings. The molecule has 0 aromatic heterocycles. The zero-order chi connectivity index (χ0) is 19.8. The summed E-state index contributed by atoms with van der Waals surface area (Å²) < 4.78 is 10.7. The standard InChI is InChI=1S/C20H21Cl2NO4/c1-13-11-17(8-9-18(13)22)26-10-4-7-19(24)27-14(2)20(25)23-16-6-3-5-15(21)12-16/h3,5-6,8-9,11-12,14H,4,7,10H2,1-2H3,(H,23,25)/t14-/m0/s1. The van der Waals surface area contributed by atoms with Crippen molar-refractivity contribution in [1.82, 2.24) is 0 Å². The summed E-state index contributed by atoms with van der Waals surface area (Å²) >= 11 is 11.8. The van der Waals surface area contributed by atoms with Crippen molar-refractivity contribution in [3.63, 3.8) is 0 Å². The predicted octanol–water partition coefficient (Wildman–Crippen LogP) is 5.03. The Kier molecular flexibility index (Phi) is 7.95. The van der Waals surface area contributed by atoms with Crippen molar-refractivity contribution in [3.8, 4) is 5.75 Å². The van der Waals surface area contributed by atoms with Gasteiger partial charge in [0.25, 0.3) is 5.91 Å². The fraction of sp³-hybridized carbons (Fsp3) is 0.300. The molecule has 0 radical (unpaired) electrons. The van der Waals surface area contributed by atoms with Gasteiger partial charge in [-0.1, -0.05) is 29.3 Å². The molecule has 0 aliphatic carbocycles. The number of rotatable bonds is 8. The maximum atomic E-state index is 12.1. The number of carbonyl (C=O) groups is 2. The molecule has 0 aliphatic rings. The lowest BCUT2D eigenvalue weighted by Gasteiger charge is -2.14. The summed E-state index contributed by atoms with van der Waals surface area (Å²) in [6.07, 6.45) is -0.277. The molecular formula is C20H21Cl2NO4. The van der Waals surface area contributed by atoms with Crippen LogP contribution < -0.4 is 10.1 Å². The van der Waals surface area contributed by atoms with Gasteiger partial charge in [0, 0.05) is 22.2 Å². The Morgan fingerprint density at radius 1 is 1.15 bits per heavy atom. The Balaban J connectivity index is 1.69. The van der Waals surface area contributed by atoms with E-state index < -0.39 is 18.0 Å². The number of benzene rings is 2. The molecule has 0 bridgehead atoms. The summed E-state index contributed by atoms with van der Waals surface area (Å²) in [4.78, 5) is 23.9. The Morgan fingerprint density at radius 3 is 2.63 bits per heavy atom. The number of nitrogens with one attached hydrogen (secondary N) is 1. The van der Waals surface area contributed by atoms with Gasteiger partial charge in [-0.2, -0.15) is 0 Å². The van der Waals surface area contributed by atoms with E-state index in [1.807, 2.05) is 13.0 Å². The first-order valence-electron chi connectivity index (χ1n) is 8.50. The second-order valence-corrected chi connectivity index (χ2v) is 6.84. The highest BCUT2D eigenvalue weighted by Crippen LogP contribution is 2.21. The summed E-state index contributed by atoms with van der Waals surface area (Å²) in [6, 6.07) is 12.1. The van der Waals surface area contributed by atoms with Gasteiger partial charge in [-0.05, 0) is 62.2 Å². The van der Waals surface area contributed by atoms with E-state index in [1.54, 1.807) is 36.4 Å². The van der Waals surface area contributed by atoms with Gasteiger partial charge in [0.15, 0.2) is 6.10 Å². The predicted molar refractivity (Wildman–Crippen MR) is 107 cm³/mol. The number of esters is 1. The van der Waals surface area contributed by atoms with E-state index >= 15 is 0 Å². The van der Waals surface area contributed by atoms with Gasteiger partial charge in [-0.15, -0.1) is 0 Å². The van der Waals surface area contributed by atoms with Crippen LogP contribution in [0, 0.1) is 6.92 Å². The van der Waals surface area contributed by atoms with Gasteiger partial charge in [0.1, 0.15) is 5.75 Å². The van der Waals surface area contributed by atoms with Crippen LogP contribution >= 0.6 is 23.2 Å². The first-order chi connectivity index (χ1) is 12.8. The van der Waals surface area contributed by atoms with Crippen LogP contribution in [0.4, 0.5) is 5.69 Å². The van der Waals surface area contributed by atoms with Crippen molar-refractivity contribution in [3.05, 3.63) is 58.1 Å². The van der Waals surface area contributed by atoms with E-state index in [1.165, 1.54) is 6.92 Å². The second-order valence-electron chi connectivity index (χ2n) is 5.99. The van der Waals surface area contributed by atoms with E-state index in [0.29, 0.717) is 34.5 Å². The van der Waals surface area contributed by atoms with Crippen molar-refractivity contribution < 1.29 is 19.1 Å². The number of hydrogen-bond acceptors (Lipinski definition) is 4. The SMILES string of the molecule is Cc1cc(OCCCC(=O)O[C@@H](C)C(=O)Nc2cccc(Cl)c2)ccc1Cl. The van der Waals surface area contributed by atoms with E-state index in [2.05, 4.69) is 5.32 Å². The van der Waals surface area contributed by atoms with Crippen LogP contribution in [-0.2, 0) is 14.3 Å². The number of carbonyl (C=O) groups excluding carboxylic acids is 2. The van der Waals surface area contributed by atoms with Gasteiger partial charge >= 0.3 is 5.97 Å². The minimum absolute atomic E-state index is 0.154. The second kappa shape index (κ2) is 10.2. The maximum Gasteiger partial charge on any atom is 0.306 e. The number of halogens is 2. The topological polar surface area (TPSA) is 64.6 Å². The number of anilines is 1. The molecule has 0 heterocycles. The Hall–Kier alpha value is -2.24. The van der Waals surface area contributed by atoms with Gasteiger partial charge < -0.3 is 14.8 Å². The first kappa shape index (κ1) is 21.1. The fourth-order valence-corrected chi connectivity index (χ4v) is 2.54. The van der Waals surface area contributed by atoms with Crippen LogP contribution in [0.3, 0.4) is 0 Å². The van der Waals surface area contributed by atoms with E-state index in [4.69, 9.17) is 32.7 Å². The van der Waals surface area contributed by atoms with Crippen molar-refractivity contribution in [2.24, 2.45) is 0 Å². The number of hydrogen-bond donors (Lipinski definition) is 1. The summed E-state index contributed by atoms with van der Waals surface area (Å²) in [5.41, 5.74) is 1.47. The third-order valence-corrected chi connectivity index (χ3v) is 4.35. The molecule has 0 saturated heterocycles. The molecule has 2 aromatic carbocycles. The minimum atomic E-state index is -0.906. The van der Waals surface area contributed by atoms with Crippen molar-refractivity contribution in [2.75, 3.05) is 11.9 Å². The molecule has 1 atom stereocenters. The molecule has 0 aliphatic heterocycles. The summed E-state index contributed by atoms with van der Waals surface area (Å²) in [6.45, 7) is 3.77. The Bertz CT molecular complexity index is 810. The van der Waals surface area contributed by atoms with E-state index in [9.17, 15) is 9.59 Å². The zero-order valence-electron chi connectivity index (χ0n) is 15.1. The smallest absolute Gasteiger partial charge is 0.306 e. The molecular weight excluding hydrogens is 389 g/mol. The number of ether oxygens (including phenoxy) is 2. The molecule has 1 amide bonds. The van der Waals surface area contributed by atoms with E-state index in [-0.39, 0.29) is 6.42 Å². The zero-order valence-corrected chi connectivity index (χ0v) is 16.6. The normalized spacial score (nSPS) is 11.6. The lowest BCUT2D eigenvalue weighted by Crippen LogP contribution is -2.30. The highest BCUT2D eigenvalue weighted by molar-refractivity contribution is 6.31. The Morgan fingerprint density at radius 2 is 1.93 bits per heavy atom. The van der Waals surface area contributed by atoms with Crippen molar-refractivity contribution in [2.45, 2.75) is 32.8 Å². The average Bonchev–Trinajstić information content (AvgIpc) is 2.61. The van der Waals surface area contributed by atoms with E-state index in [0.717, 1.165) is 5.56 Å². The highest BCUT2D eigenvalue weighted by atomic mass is 35.5. The number of amides is 1. The summed E-state index contributed by atoms with van der Waals surface area (Å²) in [5, 5.41) is 3.83. The molecule has 27 heavy (non-hydrogen) atoms. The van der Waals surface area contributed by atoms with Gasteiger partial charge in [-0.3, -0.25) is 9.59 Å². The molecule has 5 nitrogen and oxygen atoms in total. The third-order valence-electron chi connectivity index (χ3n) is 3.69. The monoisotopic (exact) mass is 409 g/mol. The van der Waals surface area contributed by atoms with Crippen LogP contribution in [0.1, 0.15) is 25.3 Å². The average molecular weight is 410 g/mol. The molecule has 1 N–H and O–H groups in total. The quantitative estimate of drug-likeness (QED) is 0.490. The number of aryl methyl sites for hydroxylation is 1. The first-order valence-corrected chi connectivity index (χ1v) is 9.25. The lowest BCUT2D eigenvalue weighted by molar-refractivity contribution is -0.153. The largest absolute Gasteiger partial charge is 0.494 e.